The van der Waals surface area contributed by atoms with Crippen molar-refractivity contribution >= 4 is 21.6 Å². The molecule has 0 saturated heterocycles. The first-order chi connectivity index (χ1) is 8.72. The van der Waals surface area contributed by atoms with E-state index in [1.54, 1.807) is 7.11 Å². The van der Waals surface area contributed by atoms with Crippen molar-refractivity contribution in [2.45, 2.75) is 37.8 Å². The Labute approximate surface area is 116 Å². The first kappa shape index (κ1) is 13.4. The van der Waals surface area contributed by atoms with Gasteiger partial charge in [-0.05, 0) is 43.9 Å². The number of ether oxygens (including phenoxy) is 1. The van der Waals surface area contributed by atoms with Crippen LogP contribution in [0.2, 0.25) is 0 Å². The highest BCUT2D eigenvalue weighted by molar-refractivity contribution is 9.10. The Bertz CT molecular complexity index is 456. The van der Waals surface area contributed by atoms with Crippen LogP contribution in [0.4, 0.5) is 5.69 Å². The lowest BCUT2D eigenvalue weighted by Gasteiger charge is -2.29. The molecule has 1 fully saturated rings. The summed E-state index contributed by atoms with van der Waals surface area (Å²) in [4.78, 5) is 0. The minimum absolute atomic E-state index is 0.342. The topological polar surface area (TPSA) is 45.0 Å². The van der Waals surface area contributed by atoms with Crippen LogP contribution in [0.25, 0.3) is 0 Å². The van der Waals surface area contributed by atoms with Crippen molar-refractivity contribution in [3.05, 3.63) is 28.2 Å². The number of nitrogens with zero attached hydrogens (tertiary/aromatic N) is 1. The SMILES string of the molecule is COC1CCCC(Nc2cc(Br)ccc2C#N)C1. The number of halogens is 1. The van der Waals surface area contributed by atoms with Gasteiger partial charge in [0.25, 0.3) is 0 Å². The summed E-state index contributed by atoms with van der Waals surface area (Å²) in [5.41, 5.74) is 1.60. The molecular weight excluding hydrogens is 292 g/mol. The van der Waals surface area contributed by atoms with Crippen LogP contribution in [0.1, 0.15) is 31.2 Å². The van der Waals surface area contributed by atoms with Crippen molar-refractivity contribution in [1.29, 1.82) is 5.26 Å². The van der Waals surface area contributed by atoms with Crippen molar-refractivity contribution in [1.82, 2.24) is 0 Å². The summed E-state index contributed by atoms with van der Waals surface area (Å²) in [5, 5.41) is 12.6. The van der Waals surface area contributed by atoms with E-state index in [0.717, 1.165) is 29.4 Å². The van der Waals surface area contributed by atoms with E-state index in [-0.39, 0.29) is 0 Å². The second kappa shape index (κ2) is 6.21. The average molecular weight is 309 g/mol. The molecule has 2 atom stereocenters. The van der Waals surface area contributed by atoms with Crippen LogP contribution < -0.4 is 5.32 Å². The molecule has 1 aromatic rings. The van der Waals surface area contributed by atoms with Crippen LogP contribution in [-0.2, 0) is 4.74 Å². The summed E-state index contributed by atoms with van der Waals surface area (Å²) in [5.74, 6) is 0. The molecule has 0 bridgehead atoms. The van der Waals surface area contributed by atoms with Crippen molar-refractivity contribution < 1.29 is 4.74 Å². The number of benzene rings is 1. The summed E-state index contributed by atoms with van der Waals surface area (Å²) in [7, 11) is 1.77. The lowest BCUT2D eigenvalue weighted by molar-refractivity contribution is 0.0669. The maximum atomic E-state index is 9.11. The molecule has 1 N–H and O–H groups in total. The van der Waals surface area contributed by atoms with Crippen LogP contribution >= 0.6 is 15.9 Å². The Balaban J connectivity index is 2.09. The van der Waals surface area contributed by atoms with Gasteiger partial charge in [-0.2, -0.15) is 5.26 Å². The molecule has 0 amide bonds. The Morgan fingerprint density at radius 1 is 1.44 bits per heavy atom. The largest absolute Gasteiger partial charge is 0.381 e. The average Bonchev–Trinajstić information content (AvgIpc) is 2.39. The number of anilines is 1. The van der Waals surface area contributed by atoms with Gasteiger partial charge in [0, 0.05) is 17.6 Å². The Morgan fingerprint density at radius 3 is 3.00 bits per heavy atom. The van der Waals surface area contributed by atoms with Crippen LogP contribution in [0.15, 0.2) is 22.7 Å². The summed E-state index contributed by atoms with van der Waals surface area (Å²) < 4.78 is 6.41. The van der Waals surface area contributed by atoms with Gasteiger partial charge in [0.2, 0.25) is 0 Å². The maximum absolute atomic E-state index is 9.11. The molecule has 0 radical (unpaired) electrons. The quantitative estimate of drug-likeness (QED) is 0.926. The number of rotatable bonds is 3. The van der Waals surface area contributed by atoms with Gasteiger partial charge in [0.05, 0.1) is 17.4 Å². The van der Waals surface area contributed by atoms with Gasteiger partial charge in [-0.15, -0.1) is 0 Å². The lowest BCUT2D eigenvalue weighted by Crippen LogP contribution is -2.31. The monoisotopic (exact) mass is 308 g/mol. The van der Waals surface area contributed by atoms with E-state index in [2.05, 4.69) is 27.3 Å². The molecule has 3 nitrogen and oxygen atoms in total. The summed E-state index contributed by atoms with van der Waals surface area (Å²) >= 11 is 3.44. The molecule has 0 aromatic heterocycles. The minimum atomic E-state index is 0.342. The molecule has 2 unspecified atom stereocenters. The van der Waals surface area contributed by atoms with Gasteiger partial charge in [0.1, 0.15) is 6.07 Å². The Morgan fingerprint density at radius 2 is 2.28 bits per heavy atom. The van der Waals surface area contributed by atoms with Gasteiger partial charge in [-0.1, -0.05) is 15.9 Å². The van der Waals surface area contributed by atoms with Gasteiger partial charge in [-0.3, -0.25) is 0 Å². The summed E-state index contributed by atoms with van der Waals surface area (Å²) in [6.07, 6.45) is 4.80. The number of nitrogens with one attached hydrogen (secondary N) is 1. The Hall–Kier alpha value is -1.05. The molecule has 4 heteroatoms. The van der Waals surface area contributed by atoms with Crippen LogP contribution in [-0.4, -0.2) is 19.3 Å². The van der Waals surface area contributed by atoms with E-state index in [1.807, 2.05) is 18.2 Å². The summed E-state index contributed by atoms with van der Waals surface area (Å²) in [6.45, 7) is 0. The maximum Gasteiger partial charge on any atom is 0.101 e. The fourth-order valence-corrected chi connectivity index (χ4v) is 2.80. The van der Waals surface area contributed by atoms with E-state index in [0.29, 0.717) is 17.7 Å². The Kier molecular flexibility index (Phi) is 4.62. The van der Waals surface area contributed by atoms with Crippen molar-refractivity contribution in [2.75, 3.05) is 12.4 Å². The molecule has 1 saturated carbocycles. The highest BCUT2D eigenvalue weighted by Crippen LogP contribution is 2.27. The molecule has 2 rings (SSSR count). The van der Waals surface area contributed by atoms with Crippen LogP contribution in [0.5, 0.6) is 0 Å². The molecule has 0 heterocycles. The molecular formula is C14H17BrN2O. The molecule has 96 valence electrons. The van der Waals surface area contributed by atoms with Crippen molar-refractivity contribution in [3.8, 4) is 6.07 Å². The smallest absolute Gasteiger partial charge is 0.101 e. The zero-order valence-electron chi connectivity index (χ0n) is 10.4. The molecule has 1 aromatic carbocycles. The highest BCUT2D eigenvalue weighted by atomic mass is 79.9. The molecule has 1 aliphatic rings. The van der Waals surface area contributed by atoms with Gasteiger partial charge in [-0.25, -0.2) is 0 Å². The standard InChI is InChI=1S/C14H17BrN2O/c1-18-13-4-2-3-12(8-13)17-14-7-11(15)6-5-10(14)9-16/h5-7,12-13,17H,2-4,8H2,1H3. The van der Waals surface area contributed by atoms with Crippen molar-refractivity contribution in [3.63, 3.8) is 0 Å². The minimum Gasteiger partial charge on any atom is -0.381 e. The lowest BCUT2D eigenvalue weighted by atomic mass is 9.92. The van der Waals surface area contributed by atoms with Crippen LogP contribution in [0.3, 0.4) is 0 Å². The zero-order valence-corrected chi connectivity index (χ0v) is 12.0. The highest BCUT2D eigenvalue weighted by Gasteiger charge is 2.22. The van der Waals surface area contributed by atoms with E-state index >= 15 is 0 Å². The van der Waals surface area contributed by atoms with Crippen molar-refractivity contribution in [2.24, 2.45) is 0 Å². The van der Waals surface area contributed by atoms with Gasteiger partial charge < -0.3 is 10.1 Å². The molecule has 1 aliphatic carbocycles. The molecule has 18 heavy (non-hydrogen) atoms. The summed E-state index contributed by atoms with van der Waals surface area (Å²) in [6, 6.07) is 8.31. The predicted octanol–water partition coefficient (Wildman–Crippen LogP) is 3.69. The number of nitriles is 1. The zero-order chi connectivity index (χ0) is 13.0. The van der Waals surface area contributed by atoms with Gasteiger partial charge in [0.15, 0.2) is 0 Å². The second-order valence-electron chi connectivity index (χ2n) is 4.67. The first-order valence-electron chi connectivity index (χ1n) is 6.22. The third kappa shape index (κ3) is 3.24. The third-order valence-electron chi connectivity index (χ3n) is 3.42. The molecule has 0 aliphatic heterocycles. The van der Waals surface area contributed by atoms with E-state index in [4.69, 9.17) is 10.00 Å². The van der Waals surface area contributed by atoms with E-state index in [9.17, 15) is 0 Å². The fourth-order valence-electron chi connectivity index (χ4n) is 2.44. The number of hydrogen-bond acceptors (Lipinski definition) is 3. The van der Waals surface area contributed by atoms with E-state index in [1.165, 1.54) is 6.42 Å². The van der Waals surface area contributed by atoms with Gasteiger partial charge >= 0.3 is 0 Å². The predicted molar refractivity (Wildman–Crippen MR) is 75.5 cm³/mol. The second-order valence-corrected chi connectivity index (χ2v) is 5.58. The van der Waals surface area contributed by atoms with Crippen LogP contribution in [0, 0.1) is 11.3 Å². The van der Waals surface area contributed by atoms with E-state index < -0.39 is 0 Å². The molecule has 0 spiro atoms. The first-order valence-corrected chi connectivity index (χ1v) is 7.01. The number of hydrogen-bond donors (Lipinski definition) is 1. The normalized spacial score (nSPS) is 23.4. The number of methoxy groups -OCH3 is 1. The third-order valence-corrected chi connectivity index (χ3v) is 3.91. The fraction of sp³-hybridized carbons (Fsp3) is 0.500.